The third kappa shape index (κ3) is 3.76. The van der Waals surface area contributed by atoms with Crippen LogP contribution in [0.25, 0.3) is 0 Å². The lowest BCUT2D eigenvalue weighted by molar-refractivity contribution is 0.0696. The number of nitrogens with one attached hydrogen (secondary N) is 1. The molecule has 0 fully saturated rings. The van der Waals surface area contributed by atoms with Gasteiger partial charge in [-0.3, -0.25) is 0 Å². The second-order valence-corrected chi connectivity index (χ2v) is 7.43. The van der Waals surface area contributed by atoms with Crippen LogP contribution in [0.15, 0.2) is 72.8 Å². The number of hydrogen-bond donors (Lipinski definition) is 2. The predicted octanol–water partition coefficient (Wildman–Crippen LogP) is 5.09. The number of carbonyl (C=O) groups excluding carboxylic acids is 1. The lowest BCUT2D eigenvalue weighted by Gasteiger charge is -2.42. The van der Waals surface area contributed by atoms with E-state index in [-0.39, 0.29) is 29.5 Å². The maximum Gasteiger partial charge on any atom is 0.335 e. The van der Waals surface area contributed by atoms with Crippen molar-refractivity contribution < 1.29 is 19.1 Å². The molecule has 0 spiro atoms. The molecule has 30 heavy (non-hydrogen) atoms. The van der Waals surface area contributed by atoms with Gasteiger partial charge in [0, 0.05) is 11.7 Å². The first-order chi connectivity index (χ1) is 14.4. The Kier molecular flexibility index (Phi) is 5.23. The fraction of sp³-hybridized carbons (Fsp3) is 0.167. The molecule has 6 heteroatoms. The van der Waals surface area contributed by atoms with E-state index in [0.717, 1.165) is 16.7 Å². The maximum atomic E-state index is 13.3. The molecule has 2 atom stereocenters. The van der Waals surface area contributed by atoms with Crippen LogP contribution in [-0.2, 0) is 6.42 Å². The van der Waals surface area contributed by atoms with E-state index in [1.165, 1.54) is 24.3 Å². The van der Waals surface area contributed by atoms with E-state index in [1.54, 1.807) is 29.2 Å². The number of amides is 2. The lowest BCUT2D eigenvalue weighted by Crippen LogP contribution is -2.48. The molecule has 2 N–H and O–H groups in total. The fourth-order valence-electron chi connectivity index (χ4n) is 3.99. The van der Waals surface area contributed by atoms with Gasteiger partial charge in [-0.2, -0.15) is 0 Å². The van der Waals surface area contributed by atoms with E-state index in [1.807, 2.05) is 25.1 Å². The number of aromatic carboxylic acids is 1. The molecular weight excluding hydrogens is 383 g/mol. The number of carboxylic acids is 1. The van der Waals surface area contributed by atoms with Gasteiger partial charge in [-0.05, 0) is 66.4 Å². The number of urea groups is 1. The molecule has 0 aliphatic carbocycles. The molecule has 0 aromatic heterocycles. The lowest BCUT2D eigenvalue weighted by atomic mass is 9.85. The van der Waals surface area contributed by atoms with Crippen molar-refractivity contribution in [2.24, 2.45) is 0 Å². The number of halogens is 1. The van der Waals surface area contributed by atoms with Gasteiger partial charge in [0.2, 0.25) is 0 Å². The Morgan fingerprint density at radius 1 is 1.00 bits per heavy atom. The van der Waals surface area contributed by atoms with Crippen LogP contribution in [0.5, 0.6) is 0 Å². The average molecular weight is 404 g/mol. The highest BCUT2D eigenvalue weighted by atomic mass is 19.1. The summed E-state index contributed by atoms with van der Waals surface area (Å²) < 4.78 is 13.2. The molecule has 3 aromatic rings. The number of rotatable bonds is 3. The number of anilines is 1. The van der Waals surface area contributed by atoms with Crippen molar-refractivity contribution in [2.75, 3.05) is 5.32 Å². The first-order valence-corrected chi connectivity index (χ1v) is 9.70. The minimum Gasteiger partial charge on any atom is -0.478 e. The Labute approximate surface area is 173 Å². The van der Waals surface area contributed by atoms with Crippen LogP contribution in [-0.4, -0.2) is 28.0 Å². The van der Waals surface area contributed by atoms with Gasteiger partial charge >= 0.3 is 12.0 Å². The molecule has 0 saturated carbocycles. The van der Waals surface area contributed by atoms with E-state index in [2.05, 4.69) is 11.4 Å². The third-order valence-corrected chi connectivity index (χ3v) is 5.42. The molecule has 1 heterocycles. The summed E-state index contributed by atoms with van der Waals surface area (Å²) >= 11 is 0. The summed E-state index contributed by atoms with van der Waals surface area (Å²) in [4.78, 5) is 26.3. The molecule has 0 radical (unpaired) electrons. The molecule has 0 bridgehead atoms. The fourth-order valence-corrected chi connectivity index (χ4v) is 3.99. The van der Waals surface area contributed by atoms with Gasteiger partial charge in [-0.1, -0.05) is 36.4 Å². The summed E-state index contributed by atoms with van der Waals surface area (Å²) in [7, 11) is 0. The Hall–Kier alpha value is -3.67. The third-order valence-electron chi connectivity index (χ3n) is 5.42. The standard InChI is InChI=1S/C24H21FN2O3/c1-15-14-18-4-2-3-5-21(18)22(16-6-8-17(9-7-16)23(28)29)27(15)24(30)26-20-12-10-19(25)11-13-20/h2-13,15,22H,14H2,1H3,(H,26,30)(H,28,29). The Balaban J connectivity index is 1.73. The summed E-state index contributed by atoms with van der Waals surface area (Å²) in [5.41, 5.74) is 3.69. The van der Waals surface area contributed by atoms with Crippen LogP contribution in [0.4, 0.5) is 14.9 Å². The quantitative estimate of drug-likeness (QED) is 0.639. The van der Waals surface area contributed by atoms with Crippen molar-refractivity contribution >= 4 is 17.7 Å². The van der Waals surface area contributed by atoms with Gasteiger partial charge in [-0.15, -0.1) is 0 Å². The SMILES string of the molecule is CC1Cc2ccccc2C(c2ccc(C(=O)O)cc2)N1C(=O)Nc1ccc(F)cc1. The normalized spacial score (nSPS) is 17.9. The minimum absolute atomic E-state index is 0.0931. The van der Waals surface area contributed by atoms with Gasteiger partial charge in [0.25, 0.3) is 0 Å². The van der Waals surface area contributed by atoms with Crippen LogP contribution in [0, 0.1) is 5.82 Å². The maximum absolute atomic E-state index is 13.3. The van der Waals surface area contributed by atoms with Crippen molar-refractivity contribution in [2.45, 2.75) is 25.4 Å². The largest absolute Gasteiger partial charge is 0.478 e. The van der Waals surface area contributed by atoms with Crippen molar-refractivity contribution in [3.05, 3.63) is 101 Å². The molecule has 3 aromatic carbocycles. The Morgan fingerprint density at radius 2 is 1.67 bits per heavy atom. The van der Waals surface area contributed by atoms with Crippen LogP contribution < -0.4 is 5.32 Å². The zero-order valence-electron chi connectivity index (χ0n) is 16.4. The van der Waals surface area contributed by atoms with Crippen molar-refractivity contribution in [1.82, 2.24) is 4.90 Å². The van der Waals surface area contributed by atoms with Crippen LogP contribution >= 0.6 is 0 Å². The van der Waals surface area contributed by atoms with Gasteiger partial charge in [0.1, 0.15) is 5.82 Å². The highest BCUT2D eigenvalue weighted by Gasteiger charge is 2.36. The van der Waals surface area contributed by atoms with E-state index < -0.39 is 5.97 Å². The van der Waals surface area contributed by atoms with Crippen molar-refractivity contribution in [3.63, 3.8) is 0 Å². The molecule has 2 unspecified atom stereocenters. The van der Waals surface area contributed by atoms with Crippen LogP contribution in [0.1, 0.15) is 40.0 Å². The van der Waals surface area contributed by atoms with Crippen LogP contribution in [0.2, 0.25) is 0 Å². The summed E-state index contributed by atoms with van der Waals surface area (Å²) in [6.07, 6.45) is 0.705. The molecule has 1 aliphatic heterocycles. The van der Waals surface area contributed by atoms with E-state index >= 15 is 0 Å². The number of benzene rings is 3. The summed E-state index contributed by atoms with van der Waals surface area (Å²) in [6, 6.07) is 19.4. The van der Waals surface area contributed by atoms with Crippen molar-refractivity contribution in [3.8, 4) is 0 Å². The van der Waals surface area contributed by atoms with E-state index in [0.29, 0.717) is 12.1 Å². The number of fused-ring (bicyclic) bond motifs is 1. The van der Waals surface area contributed by atoms with Gasteiger partial charge in [0.05, 0.1) is 11.6 Å². The molecular formula is C24H21FN2O3. The summed E-state index contributed by atoms with van der Waals surface area (Å²) in [5.74, 6) is -1.37. The number of carboxylic acid groups (broad SMARTS) is 1. The Morgan fingerprint density at radius 3 is 2.33 bits per heavy atom. The van der Waals surface area contributed by atoms with Gasteiger partial charge in [-0.25, -0.2) is 14.0 Å². The molecule has 152 valence electrons. The topological polar surface area (TPSA) is 69.6 Å². The number of hydrogen-bond acceptors (Lipinski definition) is 2. The second-order valence-electron chi connectivity index (χ2n) is 7.43. The highest BCUT2D eigenvalue weighted by molar-refractivity contribution is 5.90. The summed E-state index contributed by atoms with van der Waals surface area (Å²) in [5, 5.41) is 12.1. The first-order valence-electron chi connectivity index (χ1n) is 9.70. The summed E-state index contributed by atoms with van der Waals surface area (Å²) in [6.45, 7) is 1.98. The van der Waals surface area contributed by atoms with E-state index in [4.69, 9.17) is 0 Å². The average Bonchev–Trinajstić information content (AvgIpc) is 2.74. The number of carbonyl (C=O) groups is 2. The van der Waals surface area contributed by atoms with Gasteiger partial charge < -0.3 is 15.3 Å². The van der Waals surface area contributed by atoms with Crippen molar-refractivity contribution in [1.29, 1.82) is 0 Å². The molecule has 5 nitrogen and oxygen atoms in total. The first kappa shape index (κ1) is 19.6. The minimum atomic E-state index is -0.995. The monoisotopic (exact) mass is 404 g/mol. The smallest absolute Gasteiger partial charge is 0.335 e. The second kappa shape index (κ2) is 7.99. The van der Waals surface area contributed by atoms with E-state index in [9.17, 15) is 19.1 Å². The predicted molar refractivity (Wildman–Crippen MR) is 112 cm³/mol. The molecule has 2 amide bonds. The van der Waals surface area contributed by atoms with Gasteiger partial charge in [0.15, 0.2) is 0 Å². The molecule has 0 saturated heterocycles. The zero-order valence-corrected chi connectivity index (χ0v) is 16.4. The highest BCUT2D eigenvalue weighted by Crippen LogP contribution is 2.38. The molecule has 1 aliphatic rings. The van der Waals surface area contributed by atoms with Crippen LogP contribution in [0.3, 0.4) is 0 Å². The Bertz CT molecular complexity index is 1080. The molecule has 4 rings (SSSR count). The number of nitrogens with zero attached hydrogens (tertiary/aromatic N) is 1. The zero-order chi connectivity index (χ0) is 21.3.